The highest BCUT2D eigenvalue weighted by Crippen LogP contribution is 2.41. The average Bonchev–Trinajstić information content (AvgIpc) is 2.18. The molecule has 84 valence electrons. The predicted molar refractivity (Wildman–Crippen MR) is 57.2 cm³/mol. The Labute approximate surface area is 101 Å². The summed E-state index contributed by atoms with van der Waals surface area (Å²) in [6, 6.07) is 0. The van der Waals surface area contributed by atoms with Crippen LogP contribution in [-0.2, 0) is 0 Å². The van der Waals surface area contributed by atoms with Gasteiger partial charge in [-0.2, -0.15) is 0 Å². The van der Waals surface area contributed by atoms with Gasteiger partial charge in [0.05, 0.1) is 6.10 Å². The van der Waals surface area contributed by atoms with Gasteiger partial charge in [0.25, 0.3) is 0 Å². The number of hydrogen-bond donors (Lipinski definition) is 0. The maximum absolute atomic E-state index is 13.4. The molecule has 0 aliphatic rings. The van der Waals surface area contributed by atoms with Gasteiger partial charge < -0.3 is 4.74 Å². The molecule has 0 bridgehead atoms. The molecule has 1 aromatic carbocycles. The molecular formula is C9H7Cl3F2O. The highest BCUT2D eigenvalue weighted by molar-refractivity contribution is 6.44. The average molecular weight is 276 g/mol. The fourth-order valence-corrected chi connectivity index (χ4v) is 1.54. The molecule has 0 atom stereocenters. The first-order valence-corrected chi connectivity index (χ1v) is 5.17. The Morgan fingerprint density at radius 3 is 1.93 bits per heavy atom. The molecule has 1 aromatic rings. The summed E-state index contributed by atoms with van der Waals surface area (Å²) >= 11 is 16.5. The van der Waals surface area contributed by atoms with Crippen molar-refractivity contribution >= 4 is 34.8 Å². The summed E-state index contributed by atoms with van der Waals surface area (Å²) in [6.45, 7) is 3.34. The van der Waals surface area contributed by atoms with E-state index in [1.54, 1.807) is 13.8 Å². The SMILES string of the molecule is CC(C)Oc1c(F)c(Cl)c(F)c(Cl)c1Cl. The fraction of sp³-hybridized carbons (Fsp3) is 0.333. The molecule has 6 heteroatoms. The van der Waals surface area contributed by atoms with E-state index in [0.29, 0.717) is 0 Å². The second-order valence-electron chi connectivity index (χ2n) is 3.07. The Kier molecular flexibility index (Phi) is 4.04. The summed E-state index contributed by atoms with van der Waals surface area (Å²) in [5.74, 6) is -2.46. The van der Waals surface area contributed by atoms with Crippen LogP contribution in [0.4, 0.5) is 8.78 Å². The van der Waals surface area contributed by atoms with Crippen molar-refractivity contribution in [1.82, 2.24) is 0 Å². The molecule has 0 saturated heterocycles. The Bertz CT molecular complexity index is 364. The third kappa shape index (κ3) is 2.47. The minimum Gasteiger partial charge on any atom is -0.486 e. The van der Waals surface area contributed by atoms with Crippen molar-refractivity contribution in [3.05, 3.63) is 26.7 Å². The third-order valence-electron chi connectivity index (χ3n) is 1.52. The van der Waals surface area contributed by atoms with Gasteiger partial charge in [-0.15, -0.1) is 0 Å². The van der Waals surface area contributed by atoms with E-state index in [9.17, 15) is 8.78 Å². The van der Waals surface area contributed by atoms with Gasteiger partial charge in [0, 0.05) is 0 Å². The second kappa shape index (κ2) is 4.73. The smallest absolute Gasteiger partial charge is 0.188 e. The van der Waals surface area contributed by atoms with Crippen LogP contribution in [0.15, 0.2) is 0 Å². The van der Waals surface area contributed by atoms with E-state index in [2.05, 4.69) is 0 Å². The standard InChI is InChI=1S/C9H7Cl3F2O/c1-3(2)15-9-5(11)4(10)7(13)6(12)8(9)14/h3H,1-2H3. The Morgan fingerprint density at radius 1 is 0.933 bits per heavy atom. The molecule has 0 heterocycles. The first-order valence-electron chi connectivity index (χ1n) is 4.04. The highest BCUT2D eigenvalue weighted by atomic mass is 35.5. The van der Waals surface area contributed by atoms with Crippen LogP contribution in [0.2, 0.25) is 15.1 Å². The van der Waals surface area contributed by atoms with Crippen LogP contribution in [-0.4, -0.2) is 6.10 Å². The van der Waals surface area contributed by atoms with Crippen molar-refractivity contribution in [2.45, 2.75) is 20.0 Å². The Hall–Kier alpha value is -0.250. The van der Waals surface area contributed by atoms with Gasteiger partial charge in [-0.05, 0) is 13.8 Å². The van der Waals surface area contributed by atoms with E-state index >= 15 is 0 Å². The number of benzene rings is 1. The van der Waals surface area contributed by atoms with Gasteiger partial charge in [0.2, 0.25) is 0 Å². The lowest BCUT2D eigenvalue weighted by atomic mass is 10.3. The summed E-state index contributed by atoms with van der Waals surface area (Å²) in [4.78, 5) is 0. The largest absolute Gasteiger partial charge is 0.486 e. The summed E-state index contributed by atoms with van der Waals surface area (Å²) in [6.07, 6.45) is -0.324. The quantitative estimate of drug-likeness (QED) is 0.561. The molecule has 0 radical (unpaired) electrons. The minimum absolute atomic E-state index is 0.315. The van der Waals surface area contributed by atoms with E-state index in [1.807, 2.05) is 0 Å². The van der Waals surface area contributed by atoms with Crippen LogP contribution in [0.25, 0.3) is 0 Å². The Morgan fingerprint density at radius 2 is 1.47 bits per heavy atom. The van der Waals surface area contributed by atoms with E-state index in [1.165, 1.54) is 0 Å². The molecule has 0 saturated carbocycles. The second-order valence-corrected chi connectivity index (χ2v) is 4.20. The number of ether oxygens (including phenoxy) is 1. The first kappa shape index (κ1) is 12.8. The molecule has 0 amide bonds. The topological polar surface area (TPSA) is 9.23 Å². The zero-order valence-corrected chi connectivity index (χ0v) is 10.1. The molecule has 0 aliphatic heterocycles. The van der Waals surface area contributed by atoms with Crippen molar-refractivity contribution in [2.75, 3.05) is 0 Å². The van der Waals surface area contributed by atoms with E-state index in [-0.39, 0.29) is 16.9 Å². The van der Waals surface area contributed by atoms with Crippen molar-refractivity contribution in [2.24, 2.45) is 0 Å². The van der Waals surface area contributed by atoms with E-state index in [4.69, 9.17) is 39.5 Å². The lowest BCUT2D eigenvalue weighted by molar-refractivity contribution is 0.231. The summed E-state index contributed by atoms with van der Waals surface area (Å²) in [5, 5.41) is -1.48. The number of halogens is 5. The molecule has 1 nitrogen and oxygen atoms in total. The van der Waals surface area contributed by atoms with E-state index < -0.39 is 21.7 Å². The minimum atomic E-state index is -1.09. The van der Waals surface area contributed by atoms with Crippen molar-refractivity contribution in [1.29, 1.82) is 0 Å². The molecule has 0 aliphatic carbocycles. The molecule has 0 fully saturated rings. The molecule has 15 heavy (non-hydrogen) atoms. The van der Waals surface area contributed by atoms with Gasteiger partial charge in [0.15, 0.2) is 17.4 Å². The summed E-state index contributed by atoms with van der Waals surface area (Å²) in [7, 11) is 0. The first-order chi connectivity index (χ1) is 6.86. The molecule has 0 aromatic heterocycles. The van der Waals surface area contributed by atoms with Gasteiger partial charge in [-0.1, -0.05) is 34.8 Å². The summed E-state index contributed by atoms with van der Waals surface area (Å²) in [5.41, 5.74) is 0. The van der Waals surface area contributed by atoms with Gasteiger partial charge in [-0.25, -0.2) is 8.78 Å². The van der Waals surface area contributed by atoms with Crippen LogP contribution >= 0.6 is 34.8 Å². The number of hydrogen-bond acceptors (Lipinski definition) is 1. The van der Waals surface area contributed by atoms with Crippen LogP contribution in [0.3, 0.4) is 0 Å². The fourth-order valence-electron chi connectivity index (χ4n) is 0.924. The number of rotatable bonds is 2. The molecule has 0 N–H and O–H groups in total. The molecular weight excluding hydrogens is 268 g/mol. The molecule has 0 unspecified atom stereocenters. The lowest BCUT2D eigenvalue weighted by Crippen LogP contribution is -2.08. The van der Waals surface area contributed by atoms with Crippen LogP contribution < -0.4 is 4.74 Å². The van der Waals surface area contributed by atoms with Gasteiger partial charge >= 0.3 is 0 Å². The predicted octanol–water partition coefficient (Wildman–Crippen LogP) is 4.71. The zero-order valence-electron chi connectivity index (χ0n) is 7.88. The molecule has 0 spiro atoms. The Balaban J connectivity index is 3.39. The van der Waals surface area contributed by atoms with Crippen molar-refractivity contribution < 1.29 is 13.5 Å². The highest BCUT2D eigenvalue weighted by Gasteiger charge is 2.23. The van der Waals surface area contributed by atoms with Gasteiger partial charge in [-0.3, -0.25) is 0 Å². The lowest BCUT2D eigenvalue weighted by Gasteiger charge is -2.14. The van der Waals surface area contributed by atoms with Crippen molar-refractivity contribution in [3.63, 3.8) is 0 Å². The van der Waals surface area contributed by atoms with Crippen molar-refractivity contribution in [3.8, 4) is 5.75 Å². The van der Waals surface area contributed by atoms with E-state index in [0.717, 1.165) is 0 Å². The molecule has 1 rings (SSSR count). The third-order valence-corrected chi connectivity index (χ3v) is 2.67. The maximum atomic E-state index is 13.4. The van der Waals surface area contributed by atoms with Crippen LogP contribution in [0.1, 0.15) is 13.8 Å². The van der Waals surface area contributed by atoms with Crippen LogP contribution in [0.5, 0.6) is 5.75 Å². The summed E-state index contributed by atoms with van der Waals surface area (Å²) < 4.78 is 31.6. The normalized spacial score (nSPS) is 10.9. The van der Waals surface area contributed by atoms with Gasteiger partial charge in [0.1, 0.15) is 15.1 Å². The van der Waals surface area contributed by atoms with Crippen LogP contribution in [0, 0.1) is 11.6 Å². The maximum Gasteiger partial charge on any atom is 0.188 e. The monoisotopic (exact) mass is 274 g/mol. The zero-order chi connectivity index (χ0) is 11.7.